The summed E-state index contributed by atoms with van der Waals surface area (Å²) in [5.41, 5.74) is 0. The molecule has 0 amide bonds. The molecule has 0 spiro atoms. The van der Waals surface area contributed by atoms with Crippen molar-refractivity contribution in [2.24, 2.45) is 0 Å². The maximum absolute atomic E-state index is 7.33. The molecule has 0 aromatic rings. The van der Waals surface area contributed by atoms with E-state index >= 15 is 0 Å². The zero-order valence-corrected chi connectivity index (χ0v) is 9.82. The van der Waals surface area contributed by atoms with Gasteiger partial charge in [-0.3, -0.25) is 4.70 Å². The van der Waals surface area contributed by atoms with Crippen molar-refractivity contribution in [1.82, 2.24) is 0 Å². The standard InChI is InChI=1S/FH.Li.Mg.Na.H4O4Si.4H/c;;;;1-5(2,3)4;;;;/h1H;;;;1-4H;;;;/q;+1;+2;+1;;4*-1. The van der Waals surface area contributed by atoms with Crippen molar-refractivity contribution in [2.45, 2.75) is 0 Å². The summed E-state index contributed by atoms with van der Waals surface area (Å²) in [6.07, 6.45) is 0. The summed E-state index contributed by atoms with van der Waals surface area (Å²) in [6.45, 7) is 0. The summed E-state index contributed by atoms with van der Waals surface area (Å²) >= 11 is 0. The molecule has 0 unspecified atom stereocenters. The number of halogens is 1. The topological polar surface area (TPSA) is 80.9 Å². The third kappa shape index (κ3) is 131. The molecule has 9 heavy (non-hydrogen) atoms. The first-order chi connectivity index (χ1) is 2.00. The molecule has 0 heterocycles. The average Bonchev–Trinajstić information content (AvgIpc) is 0.722. The van der Waals surface area contributed by atoms with E-state index in [-0.39, 0.29) is 81.9 Å². The molecule has 0 aliphatic rings. The van der Waals surface area contributed by atoms with Crippen molar-refractivity contribution in [2.75, 3.05) is 0 Å². The minimum Gasteiger partial charge on any atom is -1.00 e. The van der Waals surface area contributed by atoms with Gasteiger partial charge in [0.05, 0.1) is 0 Å². The smallest absolute Gasteiger partial charge is 1.00 e. The van der Waals surface area contributed by atoms with Gasteiger partial charge in [0.25, 0.3) is 0 Å². The number of hydrogen-bond donors (Lipinski definition) is 4. The van der Waals surface area contributed by atoms with E-state index in [1.54, 1.807) is 0 Å². The van der Waals surface area contributed by atoms with Crippen LogP contribution < -0.4 is 48.4 Å². The Balaban J connectivity index is -0.00000000286. The average molecular weight is 174 g/mol. The molecule has 0 fully saturated rings. The maximum atomic E-state index is 7.33. The van der Waals surface area contributed by atoms with Crippen LogP contribution in [0.2, 0.25) is 0 Å². The predicted molar refractivity (Wildman–Crippen MR) is 27.3 cm³/mol. The van der Waals surface area contributed by atoms with Gasteiger partial charge in [-0.05, 0) is 0 Å². The molecule has 0 rings (SSSR count). The molecule has 4 N–H and O–H groups in total. The van der Waals surface area contributed by atoms with Crippen LogP contribution in [0.5, 0.6) is 0 Å². The summed E-state index contributed by atoms with van der Waals surface area (Å²) in [5.74, 6) is 0. The van der Waals surface area contributed by atoms with Crippen LogP contribution in [0.3, 0.4) is 0 Å². The minimum absolute atomic E-state index is 0. The quantitative estimate of drug-likeness (QED) is 0.275. The van der Waals surface area contributed by atoms with E-state index in [1.807, 2.05) is 0 Å². The van der Waals surface area contributed by atoms with Crippen molar-refractivity contribution in [3.8, 4) is 0 Å². The van der Waals surface area contributed by atoms with Crippen LogP contribution in [0.1, 0.15) is 5.71 Å². The van der Waals surface area contributed by atoms with E-state index in [1.165, 1.54) is 0 Å². The molecule has 0 bridgehead atoms. The van der Waals surface area contributed by atoms with Crippen LogP contribution in [-0.2, 0) is 0 Å². The molecule has 0 aromatic heterocycles. The Labute approximate surface area is 109 Å². The van der Waals surface area contributed by atoms with Gasteiger partial charge in [0.1, 0.15) is 0 Å². The van der Waals surface area contributed by atoms with Crippen LogP contribution >= 0.6 is 0 Å². The van der Waals surface area contributed by atoms with Gasteiger partial charge in [-0.25, -0.2) is 0 Å². The molecule has 0 aromatic carbocycles. The van der Waals surface area contributed by atoms with Gasteiger partial charge in [0.15, 0.2) is 0 Å². The summed E-state index contributed by atoms with van der Waals surface area (Å²) in [4.78, 5) is 29.3. The van der Waals surface area contributed by atoms with Crippen LogP contribution in [0, 0.1) is 0 Å². The molecule has 0 saturated heterocycles. The third-order valence-electron chi connectivity index (χ3n) is 0. The Kier molecular flexibility index (Phi) is 43.5. The van der Waals surface area contributed by atoms with E-state index < -0.39 is 9.05 Å². The van der Waals surface area contributed by atoms with Gasteiger partial charge < -0.3 is 24.9 Å². The summed E-state index contributed by atoms with van der Waals surface area (Å²) in [5, 5.41) is 0. The SMILES string of the molecule is F.O[Si](O)(O)O.[H-].[H-].[H-].[H-].[Li+].[Mg+2].[Na+]. The third-order valence-corrected chi connectivity index (χ3v) is 0. The second-order valence-corrected chi connectivity index (χ2v) is 1.80. The van der Waals surface area contributed by atoms with Gasteiger partial charge >= 0.3 is 80.5 Å². The molecular weight excluding hydrogens is 165 g/mol. The Bertz CT molecular complexity index is 47.6. The van der Waals surface area contributed by atoms with E-state index in [9.17, 15) is 0 Å². The normalized spacial score (nSPS) is 6.67. The van der Waals surface area contributed by atoms with E-state index in [0.717, 1.165) is 0 Å². The maximum Gasteiger partial charge on any atom is 2.00 e. The molecule has 0 saturated carbocycles. The molecule has 0 atom stereocenters. The molecule has 0 aliphatic carbocycles. The molecular formula is H9FLiMgNaO4Si. The Morgan fingerprint density at radius 2 is 1.00 bits per heavy atom. The monoisotopic (exact) mass is 174 g/mol. The first kappa shape index (κ1) is 30.2. The van der Waals surface area contributed by atoms with E-state index in [0.29, 0.717) is 0 Å². The summed E-state index contributed by atoms with van der Waals surface area (Å²) in [7, 11) is -4.61. The van der Waals surface area contributed by atoms with Crippen LogP contribution in [0.25, 0.3) is 0 Å². The summed E-state index contributed by atoms with van der Waals surface area (Å²) < 4.78 is 0. The first-order valence-corrected chi connectivity index (χ1v) is 2.68. The van der Waals surface area contributed by atoms with Crippen LogP contribution in [-0.4, -0.2) is 51.3 Å². The Hall–Kier alpha value is 2.35. The second kappa shape index (κ2) is 13.0. The van der Waals surface area contributed by atoms with Gasteiger partial charge in [0.2, 0.25) is 0 Å². The summed E-state index contributed by atoms with van der Waals surface area (Å²) in [6, 6.07) is 0. The first-order valence-electron chi connectivity index (χ1n) is 0.894. The van der Waals surface area contributed by atoms with Gasteiger partial charge in [-0.15, -0.1) is 0 Å². The fourth-order valence-corrected chi connectivity index (χ4v) is 0. The van der Waals surface area contributed by atoms with Crippen molar-refractivity contribution in [1.29, 1.82) is 0 Å². The number of rotatable bonds is 0. The molecule has 0 aliphatic heterocycles. The molecule has 9 heteroatoms. The second-order valence-electron chi connectivity index (χ2n) is 0.600. The number of hydrogen-bond acceptors (Lipinski definition) is 4. The van der Waals surface area contributed by atoms with Crippen molar-refractivity contribution in [3.63, 3.8) is 0 Å². The largest absolute Gasteiger partial charge is 2.00 e. The van der Waals surface area contributed by atoms with E-state index in [2.05, 4.69) is 0 Å². The van der Waals surface area contributed by atoms with Crippen LogP contribution in [0.15, 0.2) is 0 Å². The predicted octanol–water partition coefficient (Wildman–Crippen LogP) is -8.38. The molecule has 4 nitrogen and oxygen atoms in total. The zero-order valence-electron chi connectivity index (χ0n) is 9.40. The van der Waals surface area contributed by atoms with Gasteiger partial charge in [0, 0.05) is 0 Å². The van der Waals surface area contributed by atoms with Crippen molar-refractivity contribution in [3.05, 3.63) is 0 Å². The fourth-order valence-electron chi connectivity index (χ4n) is 0. The van der Waals surface area contributed by atoms with Crippen molar-refractivity contribution >= 4 is 32.1 Å². The zero-order chi connectivity index (χ0) is 4.50. The Morgan fingerprint density at radius 3 is 1.00 bits per heavy atom. The minimum atomic E-state index is -4.61. The van der Waals surface area contributed by atoms with Gasteiger partial charge in [-0.1, -0.05) is 0 Å². The van der Waals surface area contributed by atoms with Crippen LogP contribution in [0.4, 0.5) is 4.70 Å². The fraction of sp³-hybridized carbons (Fsp3) is 0. The molecule has 0 radical (unpaired) electrons. The van der Waals surface area contributed by atoms with Gasteiger partial charge in [-0.2, -0.15) is 0 Å². The Morgan fingerprint density at radius 1 is 1.00 bits per heavy atom. The van der Waals surface area contributed by atoms with Crippen molar-refractivity contribution < 1.29 is 78.0 Å². The molecule has 48 valence electrons. The van der Waals surface area contributed by atoms with E-state index in [4.69, 9.17) is 19.2 Å².